The van der Waals surface area contributed by atoms with E-state index in [-0.39, 0.29) is 0 Å². The van der Waals surface area contributed by atoms with Crippen LogP contribution in [0, 0.1) is 0 Å². The van der Waals surface area contributed by atoms with Crippen LogP contribution in [-0.4, -0.2) is 33.9 Å². The van der Waals surface area contributed by atoms with Gasteiger partial charge in [0.1, 0.15) is 0 Å². The molecule has 1 aliphatic heterocycles. The summed E-state index contributed by atoms with van der Waals surface area (Å²) in [6.45, 7) is 3.96. The van der Waals surface area contributed by atoms with E-state index in [0.29, 0.717) is 15.3 Å². The zero-order chi connectivity index (χ0) is 8.27. The second-order valence-electron chi connectivity index (χ2n) is 2.67. The molecule has 1 heterocycles. The van der Waals surface area contributed by atoms with Gasteiger partial charge >= 0.3 is 0 Å². The van der Waals surface area contributed by atoms with E-state index < -0.39 is 0 Å². The van der Waals surface area contributed by atoms with Crippen LogP contribution in [0.4, 0.5) is 0 Å². The molecule has 0 aromatic heterocycles. The highest BCUT2D eigenvalue weighted by molar-refractivity contribution is 9.09. The molecule has 0 bridgehead atoms. The third kappa shape index (κ3) is 3.25. The third-order valence-corrected chi connectivity index (χ3v) is 5.42. The Bertz CT molecular complexity index is 121. The Morgan fingerprint density at radius 3 is 2.91 bits per heavy atom. The number of ether oxygens (including phenoxy) is 1. The lowest BCUT2D eigenvalue weighted by atomic mass is 10.3. The van der Waals surface area contributed by atoms with Crippen LogP contribution in [0.2, 0.25) is 0 Å². The molecule has 0 N–H and O–H groups in total. The molecule has 0 aromatic rings. The molecule has 3 atom stereocenters. The fourth-order valence-electron chi connectivity index (χ4n) is 0.963. The zero-order valence-electron chi connectivity index (χ0n) is 6.43. The maximum absolute atomic E-state index is 5.47. The van der Waals surface area contributed by atoms with Gasteiger partial charge in [0, 0.05) is 20.7 Å². The molecular weight excluding hydrogens is 292 g/mol. The Labute approximate surface area is 88.9 Å². The van der Waals surface area contributed by atoms with Gasteiger partial charge in [-0.1, -0.05) is 38.8 Å². The molecule has 0 aliphatic carbocycles. The molecule has 0 spiro atoms. The van der Waals surface area contributed by atoms with Gasteiger partial charge in [-0.2, -0.15) is 0 Å². The number of halogens is 2. The molecular formula is C7H12Br2OS. The molecule has 0 amide bonds. The normalized spacial score (nSPS) is 35.2. The summed E-state index contributed by atoms with van der Waals surface area (Å²) in [7, 11) is 0. The number of alkyl halides is 2. The van der Waals surface area contributed by atoms with Crippen LogP contribution in [0.5, 0.6) is 0 Å². The van der Waals surface area contributed by atoms with Crippen LogP contribution in [0.3, 0.4) is 0 Å². The minimum atomic E-state index is 0.550. The average Bonchev–Trinajstić information content (AvgIpc) is 2.05. The van der Waals surface area contributed by atoms with E-state index in [4.69, 9.17) is 4.74 Å². The van der Waals surface area contributed by atoms with Gasteiger partial charge in [0.15, 0.2) is 0 Å². The lowest BCUT2D eigenvalue weighted by molar-refractivity contribution is 0.131. The van der Waals surface area contributed by atoms with Crippen LogP contribution in [-0.2, 0) is 4.74 Å². The molecule has 0 aromatic carbocycles. The number of rotatable bonds is 2. The second kappa shape index (κ2) is 5.10. The summed E-state index contributed by atoms with van der Waals surface area (Å²) in [6, 6.07) is 0. The number of hydrogen-bond acceptors (Lipinski definition) is 2. The molecule has 3 unspecified atom stereocenters. The van der Waals surface area contributed by atoms with E-state index >= 15 is 0 Å². The summed E-state index contributed by atoms with van der Waals surface area (Å²) in [5, 5.41) is 2.29. The summed E-state index contributed by atoms with van der Waals surface area (Å²) in [4.78, 5) is 0.550. The van der Waals surface area contributed by atoms with Crippen molar-refractivity contribution in [2.75, 3.05) is 18.5 Å². The predicted molar refractivity (Wildman–Crippen MR) is 58.2 cm³/mol. The van der Waals surface area contributed by atoms with Crippen molar-refractivity contribution in [1.82, 2.24) is 0 Å². The van der Waals surface area contributed by atoms with Gasteiger partial charge in [0.25, 0.3) is 0 Å². The summed E-state index contributed by atoms with van der Waals surface area (Å²) >= 11 is 9.07. The van der Waals surface area contributed by atoms with E-state index in [1.807, 2.05) is 11.8 Å². The largest absolute Gasteiger partial charge is 0.379 e. The molecule has 1 aliphatic rings. The van der Waals surface area contributed by atoms with Crippen molar-refractivity contribution in [2.45, 2.75) is 22.3 Å². The topological polar surface area (TPSA) is 9.23 Å². The van der Waals surface area contributed by atoms with Crippen molar-refractivity contribution in [2.24, 2.45) is 0 Å². The molecule has 1 fully saturated rings. The maximum Gasteiger partial charge on any atom is 0.0596 e. The van der Waals surface area contributed by atoms with Crippen LogP contribution < -0.4 is 0 Å². The van der Waals surface area contributed by atoms with Crippen molar-refractivity contribution in [3.8, 4) is 0 Å². The molecule has 4 heteroatoms. The highest BCUT2D eigenvalue weighted by Gasteiger charge is 2.25. The van der Waals surface area contributed by atoms with Crippen molar-refractivity contribution >= 4 is 43.6 Å². The first kappa shape index (κ1) is 10.4. The highest BCUT2D eigenvalue weighted by atomic mass is 79.9. The van der Waals surface area contributed by atoms with Crippen molar-refractivity contribution in [1.29, 1.82) is 0 Å². The average molecular weight is 304 g/mol. The lowest BCUT2D eigenvalue weighted by Gasteiger charge is -2.29. The summed E-state index contributed by atoms with van der Waals surface area (Å²) in [5.41, 5.74) is 0. The number of hydrogen-bond donors (Lipinski definition) is 0. The first-order valence-corrected chi connectivity index (χ1v) is 6.65. The van der Waals surface area contributed by atoms with Gasteiger partial charge in [-0.15, -0.1) is 11.8 Å². The summed E-state index contributed by atoms with van der Waals surface area (Å²) in [6.07, 6.45) is 0. The Balaban J connectivity index is 2.33. The molecule has 0 saturated carbocycles. The first-order chi connectivity index (χ1) is 5.24. The van der Waals surface area contributed by atoms with E-state index in [2.05, 4.69) is 38.8 Å². The van der Waals surface area contributed by atoms with Crippen molar-refractivity contribution in [3.63, 3.8) is 0 Å². The van der Waals surface area contributed by atoms with Crippen molar-refractivity contribution in [3.05, 3.63) is 0 Å². The third-order valence-electron chi connectivity index (χ3n) is 1.64. The van der Waals surface area contributed by atoms with E-state index in [9.17, 15) is 0 Å². The fraction of sp³-hybridized carbons (Fsp3) is 1.00. The standard InChI is InChI=1S/C7H12Br2OS/c1-5(9)7-4-10-3-6(2-8)11-7/h5-7H,2-4H2,1H3. The smallest absolute Gasteiger partial charge is 0.0596 e. The van der Waals surface area contributed by atoms with E-state index in [1.165, 1.54) is 0 Å². The molecule has 11 heavy (non-hydrogen) atoms. The van der Waals surface area contributed by atoms with Crippen LogP contribution in [0.1, 0.15) is 6.92 Å². The van der Waals surface area contributed by atoms with Gasteiger partial charge < -0.3 is 4.74 Å². The SMILES string of the molecule is CC(Br)C1COCC(CBr)S1. The Morgan fingerprint density at radius 1 is 1.64 bits per heavy atom. The molecule has 1 saturated heterocycles. The van der Waals surface area contributed by atoms with Crippen LogP contribution in [0.25, 0.3) is 0 Å². The Hall–Kier alpha value is 1.27. The molecule has 0 radical (unpaired) electrons. The quantitative estimate of drug-likeness (QED) is 0.725. The summed E-state index contributed by atoms with van der Waals surface area (Å²) in [5.74, 6) is 0. The Kier molecular flexibility index (Phi) is 4.80. The summed E-state index contributed by atoms with van der Waals surface area (Å²) < 4.78 is 5.47. The van der Waals surface area contributed by atoms with Crippen LogP contribution in [0.15, 0.2) is 0 Å². The van der Waals surface area contributed by atoms with Gasteiger partial charge in [0.2, 0.25) is 0 Å². The Morgan fingerprint density at radius 2 is 2.36 bits per heavy atom. The predicted octanol–water partition coefficient (Wildman–Crippen LogP) is 2.67. The monoisotopic (exact) mass is 302 g/mol. The molecule has 1 nitrogen and oxygen atoms in total. The van der Waals surface area contributed by atoms with Crippen molar-refractivity contribution < 1.29 is 4.74 Å². The lowest BCUT2D eigenvalue weighted by Crippen LogP contribution is -2.32. The van der Waals surface area contributed by atoms with Gasteiger partial charge in [0.05, 0.1) is 13.2 Å². The minimum absolute atomic E-state index is 0.550. The number of thioether (sulfide) groups is 1. The fourth-order valence-corrected chi connectivity index (χ4v) is 3.27. The van der Waals surface area contributed by atoms with Gasteiger partial charge in [-0.25, -0.2) is 0 Å². The highest BCUT2D eigenvalue weighted by Crippen LogP contribution is 2.29. The van der Waals surface area contributed by atoms with Gasteiger partial charge in [-0.05, 0) is 0 Å². The van der Waals surface area contributed by atoms with Gasteiger partial charge in [-0.3, -0.25) is 0 Å². The molecule has 1 rings (SSSR count). The zero-order valence-corrected chi connectivity index (χ0v) is 10.4. The van der Waals surface area contributed by atoms with E-state index in [0.717, 1.165) is 18.5 Å². The molecule has 66 valence electrons. The maximum atomic E-state index is 5.47. The minimum Gasteiger partial charge on any atom is -0.379 e. The second-order valence-corrected chi connectivity index (χ2v) is 6.30. The van der Waals surface area contributed by atoms with Crippen LogP contribution >= 0.6 is 43.6 Å². The first-order valence-electron chi connectivity index (χ1n) is 3.67. The van der Waals surface area contributed by atoms with E-state index in [1.54, 1.807) is 0 Å².